The van der Waals surface area contributed by atoms with Gasteiger partial charge in [-0.3, -0.25) is 19.2 Å². The second-order valence-electron chi connectivity index (χ2n) is 7.70. The fraction of sp³-hybridized carbons (Fsp3) is 0.737. The van der Waals surface area contributed by atoms with Crippen molar-refractivity contribution in [1.82, 2.24) is 16.0 Å². The molecule has 32 heavy (non-hydrogen) atoms. The molecule has 0 aromatic heterocycles. The van der Waals surface area contributed by atoms with E-state index >= 15 is 0 Å². The van der Waals surface area contributed by atoms with Crippen LogP contribution in [0.2, 0.25) is 0 Å². The van der Waals surface area contributed by atoms with E-state index in [4.69, 9.17) is 16.6 Å². The summed E-state index contributed by atoms with van der Waals surface area (Å²) < 4.78 is 0. The number of nitrogens with one attached hydrogen (secondary N) is 3. The number of rotatable bonds is 16. The van der Waals surface area contributed by atoms with Crippen LogP contribution in [0, 0.1) is 5.92 Å². The number of carbonyl (C=O) groups excluding carboxylic acids is 3. The number of carboxylic acids is 2. The number of aliphatic hydroxyl groups excluding tert-OH is 1. The molecule has 0 aromatic rings. The number of nitrogens with two attached hydrogens (primary N) is 2. The van der Waals surface area contributed by atoms with Crippen molar-refractivity contribution in [2.75, 3.05) is 13.2 Å². The molecule has 0 aromatic carbocycles. The Labute approximate surface area is 186 Å². The van der Waals surface area contributed by atoms with Crippen LogP contribution in [0.15, 0.2) is 0 Å². The van der Waals surface area contributed by atoms with E-state index < -0.39 is 66.4 Å². The molecule has 13 nitrogen and oxygen atoms in total. The third-order valence-corrected chi connectivity index (χ3v) is 4.63. The summed E-state index contributed by atoms with van der Waals surface area (Å²) in [6, 6.07) is -4.94. The van der Waals surface area contributed by atoms with Gasteiger partial charge in [0.1, 0.15) is 18.1 Å². The van der Waals surface area contributed by atoms with Crippen molar-refractivity contribution in [3.8, 4) is 0 Å². The quantitative estimate of drug-likeness (QED) is 0.112. The fourth-order valence-corrected chi connectivity index (χ4v) is 2.68. The average molecular weight is 462 g/mol. The summed E-state index contributed by atoms with van der Waals surface area (Å²) in [5, 5.41) is 34.4. The number of aliphatic hydroxyl groups is 1. The minimum absolute atomic E-state index is 0.167. The summed E-state index contributed by atoms with van der Waals surface area (Å²) >= 11 is 0. The first-order valence-electron chi connectivity index (χ1n) is 10.4. The van der Waals surface area contributed by atoms with Crippen molar-refractivity contribution in [2.45, 2.75) is 70.1 Å². The van der Waals surface area contributed by atoms with Crippen molar-refractivity contribution in [3.63, 3.8) is 0 Å². The van der Waals surface area contributed by atoms with E-state index in [-0.39, 0.29) is 19.3 Å². The number of hydrogen-bond acceptors (Lipinski definition) is 8. The molecule has 3 amide bonds. The largest absolute Gasteiger partial charge is 0.481 e. The summed E-state index contributed by atoms with van der Waals surface area (Å²) in [5.41, 5.74) is 11.0. The van der Waals surface area contributed by atoms with E-state index in [1.54, 1.807) is 13.8 Å². The summed E-state index contributed by atoms with van der Waals surface area (Å²) in [7, 11) is 0. The van der Waals surface area contributed by atoms with Gasteiger partial charge in [0.15, 0.2) is 0 Å². The van der Waals surface area contributed by atoms with E-state index in [1.165, 1.54) is 0 Å². The third-order valence-electron chi connectivity index (χ3n) is 4.63. The van der Waals surface area contributed by atoms with Crippen molar-refractivity contribution < 1.29 is 39.3 Å². The first kappa shape index (κ1) is 29.2. The average Bonchev–Trinajstić information content (AvgIpc) is 2.72. The van der Waals surface area contributed by atoms with E-state index in [9.17, 15) is 34.2 Å². The summed E-state index contributed by atoms with van der Waals surface area (Å²) in [6.07, 6.45) is 0.735. The van der Waals surface area contributed by atoms with Crippen molar-refractivity contribution in [2.24, 2.45) is 17.4 Å². The molecule has 0 aliphatic heterocycles. The highest BCUT2D eigenvalue weighted by Crippen LogP contribution is 2.06. The van der Waals surface area contributed by atoms with Gasteiger partial charge in [-0.05, 0) is 38.1 Å². The highest BCUT2D eigenvalue weighted by atomic mass is 16.4. The lowest BCUT2D eigenvalue weighted by Gasteiger charge is -2.26. The monoisotopic (exact) mass is 461 g/mol. The van der Waals surface area contributed by atoms with Crippen LogP contribution in [0.3, 0.4) is 0 Å². The standard InChI is InChI=1S/C19H35N5O8/c1-10(2)15(18(30)22-12(19(31)32)5-3-4-8-20)24-17(29)13(9-25)23-16(28)11(21)6-7-14(26)27/h10-13,15,25H,3-9,20-21H2,1-2H3,(H,22,30)(H,23,28)(H,24,29)(H,26,27)(H,31,32). The highest BCUT2D eigenvalue weighted by molar-refractivity contribution is 5.94. The van der Waals surface area contributed by atoms with Gasteiger partial charge in [0, 0.05) is 6.42 Å². The number of carbonyl (C=O) groups is 5. The fourth-order valence-electron chi connectivity index (χ4n) is 2.68. The van der Waals surface area contributed by atoms with Crippen molar-refractivity contribution in [1.29, 1.82) is 0 Å². The van der Waals surface area contributed by atoms with Crippen molar-refractivity contribution >= 4 is 29.7 Å². The van der Waals surface area contributed by atoms with Gasteiger partial charge in [0.2, 0.25) is 17.7 Å². The molecule has 10 N–H and O–H groups in total. The first-order chi connectivity index (χ1) is 14.9. The van der Waals surface area contributed by atoms with Gasteiger partial charge >= 0.3 is 11.9 Å². The van der Waals surface area contributed by atoms with Crippen LogP contribution in [-0.4, -0.2) is 82.3 Å². The molecule has 0 heterocycles. The van der Waals surface area contributed by atoms with Gasteiger partial charge in [0.25, 0.3) is 0 Å². The Hall–Kier alpha value is -2.77. The van der Waals surface area contributed by atoms with Gasteiger partial charge in [-0.25, -0.2) is 4.79 Å². The maximum absolute atomic E-state index is 12.6. The zero-order chi connectivity index (χ0) is 24.8. The Kier molecular flexibility index (Phi) is 13.8. The summed E-state index contributed by atoms with van der Waals surface area (Å²) in [6.45, 7) is 2.85. The SMILES string of the molecule is CC(C)C(NC(=O)C(CO)NC(=O)C(N)CCC(=O)O)C(=O)NC(CCCCN)C(=O)O. The normalized spacial score (nSPS) is 14.7. The molecule has 4 unspecified atom stereocenters. The molecule has 4 atom stereocenters. The molecule has 0 spiro atoms. The van der Waals surface area contributed by atoms with E-state index in [0.717, 1.165) is 0 Å². The molecule has 184 valence electrons. The van der Waals surface area contributed by atoms with E-state index in [1.807, 2.05) is 0 Å². The lowest BCUT2D eigenvalue weighted by molar-refractivity contribution is -0.143. The molecule has 0 fully saturated rings. The molecule has 13 heteroatoms. The van der Waals surface area contributed by atoms with Gasteiger partial charge < -0.3 is 42.7 Å². The van der Waals surface area contributed by atoms with Crippen molar-refractivity contribution in [3.05, 3.63) is 0 Å². The first-order valence-corrected chi connectivity index (χ1v) is 10.4. The van der Waals surface area contributed by atoms with Gasteiger partial charge in [-0.1, -0.05) is 13.8 Å². The molecular weight excluding hydrogens is 426 g/mol. The van der Waals surface area contributed by atoms with Crippen LogP contribution in [0.25, 0.3) is 0 Å². The van der Waals surface area contributed by atoms with Gasteiger partial charge in [-0.15, -0.1) is 0 Å². The number of unbranched alkanes of at least 4 members (excludes halogenated alkanes) is 1. The number of aliphatic carboxylic acids is 2. The number of carboxylic acid groups (broad SMARTS) is 2. The molecule has 0 saturated carbocycles. The Balaban J connectivity index is 5.09. The summed E-state index contributed by atoms with van der Waals surface area (Å²) in [4.78, 5) is 59.2. The smallest absolute Gasteiger partial charge is 0.326 e. The molecule has 0 radical (unpaired) electrons. The Bertz CT molecular complexity index is 658. The predicted molar refractivity (Wildman–Crippen MR) is 113 cm³/mol. The maximum atomic E-state index is 12.6. The zero-order valence-corrected chi connectivity index (χ0v) is 18.4. The Morgan fingerprint density at radius 3 is 1.91 bits per heavy atom. The molecule has 0 saturated heterocycles. The Morgan fingerprint density at radius 2 is 1.44 bits per heavy atom. The minimum Gasteiger partial charge on any atom is -0.481 e. The molecule has 0 aliphatic rings. The van der Waals surface area contributed by atoms with Gasteiger partial charge in [0.05, 0.1) is 12.6 Å². The van der Waals surface area contributed by atoms with Crippen LogP contribution < -0.4 is 27.4 Å². The summed E-state index contributed by atoms with van der Waals surface area (Å²) in [5.74, 6) is -5.25. The second-order valence-corrected chi connectivity index (χ2v) is 7.70. The number of amides is 3. The predicted octanol–water partition coefficient (Wildman–Crippen LogP) is -2.51. The zero-order valence-electron chi connectivity index (χ0n) is 18.4. The van der Waals surface area contributed by atoms with Crippen LogP contribution in [0.1, 0.15) is 46.0 Å². The second kappa shape index (κ2) is 15.1. The molecule has 0 rings (SSSR count). The van der Waals surface area contributed by atoms with E-state index in [0.29, 0.717) is 19.4 Å². The lowest BCUT2D eigenvalue weighted by Crippen LogP contribution is -2.59. The number of hydrogen-bond donors (Lipinski definition) is 8. The van der Waals surface area contributed by atoms with Crippen LogP contribution >= 0.6 is 0 Å². The van der Waals surface area contributed by atoms with Crippen LogP contribution in [-0.2, 0) is 24.0 Å². The molecule has 0 bridgehead atoms. The van der Waals surface area contributed by atoms with Crippen LogP contribution in [0.4, 0.5) is 0 Å². The van der Waals surface area contributed by atoms with E-state index in [2.05, 4.69) is 16.0 Å². The third kappa shape index (κ3) is 11.0. The topological polar surface area (TPSA) is 234 Å². The minimum atomic E-state index is -1.44. The highest BCUT2D eigenvalue weighted by Gasteiger charge is 2.31. The Morgan fingerprint density at radius 1 is 0.844 bits per heavy atom. The molecular formula is C19H35N5O8. The van der Waals surface area contributed by atoms with Crippen LogP contribution in [0.5, 0.6) is 0 Å². The maximum Gasteiger partial charge on any atom is 0.326 e. The lowest BCUT2D eigenvalue weighted by atomic mass is 10.0. The van der Waals surface area contributed by atoms with Gasteiger partial charge in [-0.2, -0.15) is 0 Å². The molecule has 0 aliphatic carbocycles.